The number of halogens is 6. The van der Waals surface area contributed by atoms with Crippen LogP contribution in [0.4, 0.5) is 0 Å². The van der Waals surface area contributed by atoms with Gasteiger partial charge in [-0.2, -0.15) is 0 Å². The molecule has 0 bridgehead atoms. The number of alkyl halides is 6. The minimum absolute atomic E-state index is 0.597. The largest absolute Gasteiger partial charge is 0.435 e. The van der Waals surface area contributed by atoms with Crippen molar-refractivity contribution in [2.45, 2.75) is 7.59 Å². The quantitative estimate of drug-likeness (QED) is 0.330. The number of rotatable bonds is 4. The molecule has 0 spiro atoms. The standard InChI is InChI=1S/C6H4Cl6O5/c7-5(8,9)3(13)16-1-15-2-17-4(14)6(10,11)12/h1-2H2. The van der Waals surface area contributed by atoms with Crippen LogP contribution in [0.2, 0.25) is 0 Å². The van der Waals surface area contributed by atoms with Gasteiger partial charge in [0.25, 0.3) is 7.59 Å². The van der Waals surface area contributed by atoms with Crippen molar-refractivity contribution >= 4 is 81.5 Å². The van der Waals surface area contributed by atoms with Crippen LogP contribution >= 0.6 is 69.6 Å². The first-order chi connectivity index (χ1) is 7.55. The fourth-order valence-corrected chi connectivity index (χ4v) is 0.715. The fourth-order valence-electron chi connectivity index (χ4n) is 0.388. The molecule has 0 fully saturated rings. The van der Waals surface area contributed by atoms with Gasteiger partial charge in [-0.05, 0) is 0 Å². The zero-order chi connectivity index (χ0) is 13.7. The van der Waals surface area contributed by atoms with Gasteiger partial charge in [-0.25, -0.2) is 9.59 Å². The first-order valence-corrected chi connectivity index (χ1v) is 5.87. The van der Waals surface area contributed by atoms with E-state index in [1.54, 1.807) is 0 Å². The number of carbonyl (C=O) groups excluding carboxylic acids is 2. The molecule has 0 aromatic carbocycles. The Bertz CT molecular complexity index is 254. The Morgan fingerprint density at radius 1 is 0.765 bits per heavy atom. The van der Waals surface area contributed by atoms with E-state index in [0.717, 1.165) is 0 Å². The molecule has 0 aliphatic heterocycles. The third kappa shape index (κ3) is 8.37. The number of hydrogen-bond donors (Lipinski definition) is 0. The number of esters is 2. The Morgan fingerprint density at radius 2 is 1.06 bits per heavy atom. The van der Waals surface area contributed by atoms with Gasteiger partial charge in [-0.3, -0.25) is 0 Å². The van der Waals surface area contributed by atoms with Gasteiger partial charge < -0.3 is 14.2 Å². The lowest BCUT2D eigenvalue weighted by Gasteiger charge is -2.12. The van der Waals surface area contributed by atoms with Crippen LogP contribution < -0.4 is 0 Å². The molecule has 5 nitrogen and oxygen atoms in total. The Hall–Kier alpha value is 0.640. The van der Waals surface area contributed by atoms with E-state index in [4.69, 9.17) is 69.6 Å². The van der Waals surface area contributed by atoms with Gasteiger partial charge in [0.05, 0.1) is 0 Å². The maximum absolute atomic E-state index is 10.9. The fraction of sp³-hybridized carbons (Fsp3) is 0.667. The molecule has 0 amide bonds. The maximum Gasteiger partial charge on any atom is 0.360 e. The molecule has 0 aromatic heterocycles. The van der Waals surface area contributed by atoms with Crippen molar-refractivity contribution in [3.63, 3.8) is 0 Å². The van der Waals surface area contributed by atoms with Gasteiger partial charge in [-0.15, -0.1) is 0 Å². The van der Waals surface area contributed by atoms with E-state index < -0.39 is 33.1 Å². The second kappa shape index (κ2) is 7.28. The maximum atomic E-state index is 10.9. The minimum Gasteiger partial charge on any atom is -0.435 e. The van der Waals surface area contributed by atoms with Crippen LogP contribution in [0.15, 0.2) is 0 Å². The van der Waals surface area contributed by atoms with Gasteiger partial charge in [0.1, 0.15) is 0 Å². The molecule has 0 saturated heterocycles. The van der Waals surface area contributed by atoms with Crippen molar-refractivity contribution in [3.05, 3.63) is 0 Å². The Labute approximate surface area is 126 Å². The van der Waals surface area contributed by atoms with E-state index in [0.29, 0.717) is 0 Å². The lowest BCUT2D eigenvalue weighted by atomic mass is 10.8. The zero-order valence-corrected chi connectivity index (χ0v) is 12.3. The summed E-state index contributed by atoms with van der Waals surface area (Å²) in [6, 6.07) is 0. The number of ether oxygens (including phenoxy) is 3. The highest BCUT2D eigenvalue weighted by Crippen LogP contribution is 2.28. The molecule has 17 heavy (non-hydrogen) atoms. The van der Waals surface area contributed by atoms with Crippen LogP contribution in [0.3, 0.4) is 0 Å². The molecule has 100 valence electrons. The predicted molar refractivity (Wildman–Crippen MR) is 63.6 cm³/mol. The number of carbonyl (C=O) groups is 2. The SMILES string of the molecule is O=C(OCOCOC(=O)C(Cl)(Cl)Cl)C(Cl)(Cl)Cl. The molecule has 0 aromatic rings. The first-order valence-electron chi connectivity index (χ1n) is 3.61. The molecule has 11 heteroatoms. The summed E-state index contributed by atoms with van der Waals surface area (Å²) >= 11 is 31.0. The summed E-state index contributed by atoms with van der Waals surface area (Å²) in [5.41, 5.74) is 0. The van der Waals surface area contributed by atoms with E-state index in [2.05, 4.69) is 14.2 Å². The van der Waals surface area contributed by atoms with Gasteiger partial charge in [0.2, 0.25) is 0 Å². The minimum atomic E-state index is -2.21. The molecule has 0 atom stereocenters. The van der Waals surface area contributed by atoms with Gasteiger partial charge >= 0.3 is 11.9 Å². The molecule has 0 N–H and O–H groups in total. The highest BCUT2D eigenvalue weighted by atomic mass is 35.6. The van der Waals surface area contributed by atoms with Crippen LogP contribution in [0.1, 0.15) is 0 Å². The molecule has 0 aliphatic rings. The molecular weight excluding hydrogens is 365 g/mol. The average Bonchev–Trinajstić information content (AvgIpc) is 2.13. The van der Waals surface area contributed by atoms with Crippen molar-refractivity contribution in [2.75, 3.05) is 13.6 Å². The summed E-state index contributed by atoms with van der Waals surface area (Å²) < 4.78 is 8.76. The summed E-state index contributed by atoms with van der Waals surface area (Å²) in [7, 11) is 0. The topological polar surface area (TPSA) is 61.8 Å². The van der Waals surface area contributed by atoms with Crippen molar-refractivity contribution in [1.82, 2.24) is 0 Å². The second-order valence-electron chi connectivity index (χ2n) is 2.30. The van der Waals surface area contributed by atoms with Crippen molar-refractivity contribution < 1.29 is 23.8 Å². The summed E-state index contributed by atoms with van der Waals surface area (Å²) in [6.45, 7) is -1.19. The monoisotopic (exact) mass is 366 g/mol. The average molecular weight is 369 g/mol. The lowest BCUT2D eigenvalue weighted by molar-refractivity contribution is -0.175. The van der Waals surface area contributed by atoms with Crippen molar-refractivity contribution in [2.24, 2.45) is 0 Å². The molecule has 0 aliphatic carbocycles. The molecule has 0 rings (SSSR count). The summed E-state index contributed by atoms with van der Waals surface area (Å²) in [5, 5.41) is 0. The van der Waals surface area contributed by atoms with Gasteiger partial charge in [0, 0.05) is 0 Å². The smallest absolute Gasteiger partial charge is 0.360 e. The van der Waals surface area contributed by atoms with E-state index in [9.17, 15) is 9.59 Å². The van der Waals surface area contributed by atoms with Gasteiger partial charge in [0.15, 0.2) is 13.6 Å². The third-order valence-electron chi connectivity index (χ3n) is 1.01. The second-order valence-corrected chi connectivity index (χ2v) is 6.86. The summed E-state index contributed by atoms with van der Waals surface area (Å²) in [4.78, 5) is 21.7. The van der Waals surface area contributed by atoms with Gasteiger partial charge in [-0.1, -0.05) is 69.6 Å². The normalized spacial score (nSPS) is 12.1. The van der Waals surface area contributed by atoms with Crippen LogP contribution in [0.25, 0.3) is 0 Å². The number of hydrogen-bond acceptors (Lipinski definition) is 5. The Morgan fingerprint density at radius 3 is 1.29 bits per heavy atom. The Kier molecular flexibility index (Phi) is 7.56. The van der Waals surface area contributed by atoms with Crippen LogP contribution in [0.5, 0.6) is 0 Å². The Balaban J connectivity index is 3.68. The predicted octanol–water partition coefficient (Wildman–Crippen LogP) is 2.74. The van der Waals surface area contributed by atoms with Crippen molar-refractivity contribution in [3.8, 4) is 0 Å². The molecule has 0 radical (unpaired) electrons. The van der Waals surface area contributed by atoms with Crippen LogP contribution in [-0.2, 0) is 23.8 Å². The molecular formula is C6H4Cl6O5. The highest BCUT2D eigenvalue weighted by molar-refractivity contribution is 6.76. The van der Waals surface area contributed by atoms with Crippen molar-refractivity contribution in [1.29, 1.82) is 0 Å². The summed E-state index contributed by atoms with van der Waals surface area (Å²) in [5.74, 6) is -2.29. The summed E-state index contributed by atoms with van der Waals surface area (Å²) in [6.07, 6.45) is 0. The van der Waals surface area contributed by atoms with Crippen LogP contribution in [0, 0.1) is 0 Å². The van der Waals surface area contributed by atoms with E-state index in [1.807, 2.05) is 0 Å². The third-order valence-corrected chi connectivity index (χ3v) is 1.94. The highest BCUT2D eigenvalue weighted by Gasteiger charge is 2.33. The first kappa shape index (κ1) is 17.6. The molecule has 0 unspecified atom stereocenters. The van der Waals surface area contributed by atoms with E-state index in [1.165, 1.54) is 0 Å². The van der Waals surface area contributed by atoms with E-state index in [-0.39, 0.29) is 0 Å². The zero-order valence-electron chi connectivity index (χ0n) is 7.72. The van der Waals surface area contributed by atoms with E-state index >= 15 is 0 Å². The molecule has 0 saturated carbocycles. The van der Waals surface area contributed by atoms with Crippen LogP contribution in [-0.4, -0.2) is 33.1 Å². The molecule has 0 heterocycles. The lowest BCUT2D eigenvalue weighted by Crippen LogP contribution is -2.25.